The van der Waals surface area contributed by atoms with Crippen molar-refractivity contribution in [2.75, 3.05) is 12.8 Å². The molecule has 0 aliphatic heterocycles. The van der Waals surface area contributed by atoms with Gasteiger partial charge < -0.3 is 10.5 Å². The predicted octanol–water partition coefficient (Wildman–Crippen LogP) is 4.03. The van der Waals surface area contributed by atoms with Gasteiger partial charge in [0.2, 0.25) is 0 Å². The maximum absolute atomic E-state index is 6.27. The Morgan fingerprint density at radius 2 is 2.10 bits per heavy atom. The second kappa shape index (κ2) is 5.22. The third-order valence-corrected chi connectivity index (χ3v) is 4.41. The summed E-state index contributed by atoms with van der Waals surface area (Å²) in [6.45, 7) is 0. The summed E-state index contributed by atoms with van der Waals surface area (Å²) in [6.07, 6.45) is 2.27. The number of nitrogens with zero attached hydrogens (tertiary/aromatic N) is 2. The molecule has 1 fully saturated rings. The van der Waals surface area contributed by atoms with Crippen LogP contribution in [0.1, 0.15) is 24.5 Å². The third kappa shape index (κ3) is 2.36. The average molecular weight is 355 g/mol. The van der Waals surface area contributed by atoms with Gasteiger partial charge in [-0.2, -0.15) is 0 Å². The van der Waals surface area contributed by atoms with Crippen LogP contribution >= 0.6 is 27.5 Å². The highest BCUT2D eigenvalue weighted by atomic mass is 79.9. The van der Waals surface area contributed by atoms with E-state index < -0.39 is 0 Å². The molecular formula is C14H13BrClN3O. The van der Waals surface area contributed by atoms with E-state index in [4.69, 9.17) is 22.1 Å². The van der Waals surface area contributed by atoms with Gasteiger partial charge in [-0.15, -0.1) is 0 Å². The van der Waals surface area contributed by atoms with Crippen molar-refractivity contribution in [2.24, 2.45) is 0 Å². The molecular weight excluding hydrogens is 342 g/mol. The average Bonchev–Trinajstić information content (AvgIpc) is 3.26. The van der Waals surface area contributed by atoms with Gasteiger partial charge in [0, 0.05) is 5.92 Å². The van der Waals surface area contributed by atoms with Crippen molar-refractivity contribution in [3.8, 4) is 17.1 Å². The first-order chi connectivity index (χ1) is 9.61. The Hall–Kier alpha value is -1.33. The molecule has 0 spiro atoms. The van der Waals surface area contributed by atoms with Crippen molar-refractivity contribution >= 4 is 33.3 Å². The van der Waals surface area contributed by atoms with Crippen molar-refractivity contribution in [3.63, 3.8) is 0 Å². The van der Waals surface area contributed by atoms with Crippen LogP contribution in [0.2, 0.25) is 5.02 Å². The fourth-order valence-electron chi connectivity index (χ4n) is 2.11. The van der Waals surface area contributed by atoms with Crippen LogP contribution in [-0.2, 0) is 0 Å². The Balaban J connectivity index is 2.20. The van der Waals surface area contributed by atoms with Crippen LogP contribution < -0.4 is 10.5 Å². The van der Waals surface area contributed by atoms with Gasteiger partial charge in [0.05, 0.1) is 27.9 Å². The molecule has 104 valence electrons. The van der Waals surface area contributed by atoms with E-state index in [1.54, 1.807) is 13.2 Å². The Morgan fingerprint density at radius 3 is 2.75 bits per heavy atom. The Labute approximate surface area is 130 Å². The zero-order valence-corrected chi connectivity index (χ0v) is 13.2. The molecule has 0 amide bonds. The van der Waals surface area contributed by atoms with E-state index in [1.165, 1.54) is 0 Å². The monoisotopic (exact) mass is 353 g/mol. The van der Waals surface area contributed by atoms with Gasteiger partial charge in [0.1, 0.15) is 11.6 Å². The Kier molecular flexibility index (Phi) is 3.56. The van der Waals surface area contributed by atoms with E-state index in [0.717, 1.165) is 23.0 Å². The summed E-state index contributed by atoms with van der Waals surface area (Å²) < 4.78 is 6.14. The van der Waals surface area contributed by atoms with Gasteiger partial charge in [0.25, 0.3) is 0 Å². The van der Waals surface area contributed by atoms with Crippen molar-refractivity contribution in [1.82, 2.24) is 9.97 Å². The third-order valence-electron chi connectivity index (χ3n) is 3.29. The zero-order chi connectivity index (χ0) is 14.3. The molecule has 0 atom stereocenters. The lowest BCUT2D eigenvalue weighted by molar-refractivity contribution is 0.416. The number of nitrogens with two attached hydrogens (primary N) is 1. The van der Waals surface area contributed by atoms with Crippen LogP contribution in [0, 0.1) is 0 Å². The number of nitrogen functional groups attached to an aromatic ring is 1. The Morgan fingerprint density at radius 1 is 1.35 bits per heavy atom. The molecule has 1 aromatic heterocycles. The van der Waals surface area contributed by atoms with Crippen LogP contribution in [0.4, 0.5) is 5.82 Å². The number of methoxy groups -OCH3 is 1. The smallest absolute Gasteiger partial charge is 0.167 e. The highest BCUT2D eigenvalue weighted by Gasteiger charge is 2.29. The van der Waals surface area contributed by atoms with Gasteiger partial charge in [-0.25, -0.2) is 9.97 Å². The van der Waals surface area contributed by atoms with E-state index in [-0.39, 0.29) is 0 Å². The van der Waals surface area contributed by atoms with Gasteiger partial charge >= 0.3 is 0 Å². The van der Waals surface area contributed by atoms with Crippen molar-refractivity contribution < 1.29 is 4.74 Å². The standard InChI is InChI=1S/C14H13BrClN3O/c1-20-9-4-2-3-8(16)10(9)14-18-12(7-5-6-7)11(15)13(17)19-14/h2-4,7H,5-6H2,1H3,(H2,17,18,19). The van der Waals surface area contributed by atoms with Crippen molar-refractivity contribution in [3.05, 3.63) is 33.4 Å². The topological polar surface area (TPSA) is 61.0 Å². The summed E-state index contributed by atoms with van der Waals surface area (Å²) in [6, 6.07) is 5.45. The molecule has 0 radical (unpaired) electrons. The largest absolute Gasteiger partial charge is 0.496 e. The maximum Gasteiger partial charge on any atom is 0.167 e. The van der Waals surface area contributed by atoms with Gasteiger partial charge in [-0.3, -0.25) is 0 Å². The highest BCUT2D eigenvalue weighted by Crippen LogP contribution is 2.45. The molecule has 1 heterocycles. The normalized spacial score (nSPS) is 14.3. The molecule has 1 saturated carbocycles. The lowest BCUT2D eigenvalue weighted by Gasteiger charge is -2.12. The summed E-state index contributed by atoms with van der Waals surface area (Å²) in [5.74, 6) is 2.04. The summed E-state index contributed by atoms with van der Waals surface area (Å²) in [5, 5.41) is 0.549. The first-order valence-electron chi connectivity index (χ1n) is 6.27. The molecule has 0 saturated heterocycles. The zero-order valence-electron chi connectivity index (χ0n) is 10.9. The fourth-order valence-corrected chi connectivity index (χ4v) is 2.86. The van der Waals surface area contributed by atoms with Crippen molar-refractivity contribution in [2.45, 2.75) is 18.8 Å². The molecule has 0 unspecified atom stereocenters. The first-order valence-corrected chi connectivity index (χ1v) is 7.44. The molecule has 4 nitrogen and oxygen atoms in total. The quantitative estimate of drug-likeness (QED) is 0.904. The van der Waals surface area contributed by atoms with Crippen LogP contribution in [0.5, 0.6) is 5.75 Å². The lowest BCUT2D eigenvalue weighted by atomic mass is 10.1. The Bertz CT molecular complexity index is 674. The van der Waals surface area contributed by atoms with Crippen LogP contribution in [0.25, 0.3) is 11.4 Å². The van der Waals surface area contributed by atoms with Gasteiger partial charge in [0.15, 0.2) is 5.82 Å². The number of ether oxygens (including phenoxy) is 1. The van der Waals surface area contributed by atoms with E-state index in [0.29, 0.717) is 33.9 Å². The number of hydrogen-bond acceptors (Lipinski definition) is 4. The highest BCUT2D eigenvalue weighted by molar-refractivity contribution is 9.10. The van der Waals surface area contributed by atoms with Crippen molar-refractivity contribution in [1.29, 1.82) is 0 Å². The number of aromatic nitrogens is 2. The lowest BCUT2D eigenvalue weighted by Crippen LogP contribution is -2.03. The predicted molar refractivity (Wildman–Crippen MR) is 83.1 cm³/mol. The minimum atomic E-state index is 0.430. The maximum atomic E-state index is 6.27. The number of halogens is 2. The summed E-state index contributed by atoms with van der Waals surface area (Å²) in [5.41, 5.74) is 7.62. The summed E-state index contributed by atoms with van der Waals surface area (Å²) in [4.78, 5) is 8.97. The SMILES string of the molecule is COc1cccc(Cl)c1-c1nc(N)c(Br)c(C2CC2)n1. The van der Waals surface area contributed by atoms with Crippen LogP contribution in [0.3, 0.4) is 0 Å². The second-order valence-electron chi connectivity index (χ2n) is 4.72. The van der Waals surface area contributed by atoms with E-state index >= 15 is 0 Å². The molecule has 1 aromatic carbocycles. The van der Waals surface area contributed by atoms with Crippen LogP contribution in [-0.4, -0.2) is 17.1 Å². The number of anilines is 1. The summed E-state index contributed by atoms with van der Waals surface area (Å²) in [7, 11) is 1.60. The molecule has 1 aliphatic carbocycles. The van der Waals surface area contributed by atoms with E-state index in [2.05, 4.69) is 25.9 Å². The molecule has 2 N–H and O–H groups in total. The number of rotatable bonds is 3. The molecule has 20 heavy (non-hydrogen) atoms. The number of benzene rings is 1. The van der Waals surface area contributed by atoms with E-state index in [1.807, 2.05) is 12.1 Å². The van der Waals surface area contributed by atoms with Gasteiger partial charge in [-0.05, 0) is 40.9 Å². The van der Waals surface area contributed by atoms with Gasteiger partial charge in [-0.1, -0.05) is 17.7 Å². The molecule has 1 aliphatic rings. The molecule has 6 heteroatoms. The molecule has 3 rings (SSSR count). The fraction of sp³-hybridized carbons (Fsp3) is 0.286. The van der Waals surface area contributed by atoms with E-state index in [9.17, 15) is 0 Å². The minimum absolute atomic E-state index is 0.430. The minimum Gasteiger partial charge on any atom is -0.496 e. The van der Waals surface area contributed by atoms with Crippen LogP contribution in [0.15, 0.2) is 22.7 Å². The first kappa shape index (κ1) is 13.6. The summed E-state index contributed by atoms with van der Waals surface area (Å²) >= 11 is 9.74. The molecule has 2 aromatic rings. The molecule has 0 bridgehead atoms. The second-order valence-corrected chi connectivity index (χ2v) is 5.92. The number of hydrogen-bond donors (Lipinski definition) is 1.